The summed E-state index contributed by atoms with van der Waals surface area (Å²) in [6.45, 7) is 3.72. The van der Waals surface area contributed by atoms with Crippen LogP contribution >= 0.6 is 15.9 Å². The molecule has 0 aliphatic heterocycles. The van der Waals surface area contributed by atoms with Crippen LogP contribution in [0.5, 0.6) is 0 Å². The van der Waals surface area contributed by atoms with Crippen molar-refractivity contribution < 1.29 is 13.2 Å². The van der Waals surface area contributed by atoms with Gasteiger partial charge in [-0.15, -0.1) is 0 Å². The van der Waals surface area contributed by atoms with Crippen LogP contribution in [0.2, 0.25) is 0 Å². The minimum absolute atomic E-state index is 0.0211. The average molecular weight is 410 g/mol. The van der Waals surface area contributed by atoms with Crippen LogP contribution in [-0.2, 0) is 6.54 Å². The van der Waals surface area contributed by atoms with Crippen LogP contribution in [0, 0.1) is 19.7 Å². The van der Waals surface area contributed by atoms with Gasteiger partial charge in [0.1, 0.15) is 17.5 Å². The van der Waals surface area contributed by atoms with Crippen LogP contribution in [-0.4, -0.2) is 9.97 Å². The Kier molecular flexibility index (Phi) is 4.94. The predicted octanol–water partition coefficient (Wildman–Crippen LogP) is 5.70. The molecule has 3 rings (SSSR count). The molecule has 1 heterocycles. The number of hydrogen-bond acceptors (Lipinski definition) is 3. The van der Waals surface area contributed by atoms with E-state index >= 15 is 0 Å². The van der Waals surface area contributed by atoms with Crippen molar-refractivity contribution in [3.8, 4) is 0 Å². The van der Waals surface area contributed by atoms with Gasteiger partial charge in [-0.25, -0.2) is 23.1 Å². The molecular weight excluding hydrogens is 395 g/mol. The highest BCUT2D eigenvalue weighted by molar-refractivity contribution is 9.10. The molecule has 3 aromatic rings. The molecule has 0 spiro atoms. The highest BCUT2D eigenvalue weighted by atomic mass is 79.9. The number of benzene rings is 2. The van der Waals surface area contributed by atoms with Crippen molar-refractivity contribution in [2.24, 2.45) is 0 Å². The lowest BCUT2D eigenvalue weighted by atomic mass is 10.0. The van der Waals surface area contributed by atoms with Crippen molar-refractivity contribution in [1.29, 1.82) is 0 Å². The van der Waals surface area contributed by atoms with E-state index in [-0.39, 0.29) is 5.56 Å². The van der Waals surface area contributed by atoms with Crippen molar-refractivity contribution in [1.82, 2.24) is 9.97 Å². The summed E-state index contributed by atoms with van der Waals surface area (Å²) < 4.78 is 40.1. The minimum Gasteiger partial charge on any atom is -0.365 e. The van der Waals surface area contributed by atoms with E-state index in [4.69, 9.17) is 0 Å². The van der Waals surface area contributed by atoms with E-state index in [2.05, 4.69) is 31.2 Å². The number of alkyl halides is 2. The van der Waals surface area contributed by atoms with Gasteiger partial charge < -0.3 is 5.32 Å². The molecule has 1 aromatic heterocycles. The van der Waals surface area contributed by atoms with Crippen molar-refractivity contribution in [2.45, 2.75) is 26.8 Å². The third kappa shape index (κ3) is 3.61. The summed E-state index contributed by atoms with van der Waals surface area (Å²) in [7, 11) is 0. The summed E-state index contributed by atoms with van der Waals surface area (Å²) in [6.07, 6.45) is -2.51. The lowest BCUT2D eigenvalue weighted by molar-refractivity contribution is 0.150. The van der Waals surface area contributed by atoms with Gasteiger partial charge in [0.15, 0.2) is 0 Å². The second-order valence-electron chi connectivity index (χ2n) is 5.69. The molecule has 0 bridgehead atoms. The standard InChI is InChI=1S/C18H15BrF3N3/c1-9-11(4-3-5-12(9)17(21)22)8-23-18-13-6-14(19)15(20)7-16(13)24-10(2)25-18/h3-7,17H,8H2,1-2H3,(H,23,24,25). The Morgan fingerprint density at radius 2 is 1.92 bits per heavy atom. The van der Waals surface area contributed by atoms with Gasteiger partial charge in [-0.2, -0.15) is 0 Å². The highest BCUT2D eigenvalue weighted by Gasteiger charge is 2.14. The molecule has 0 aliphatic rings. The lowest BCUT2D eigenvalue weighted by Crippen LogP contribution is -2.07. The quantitative estimate of drug-likeness (QED) is 0.600. The fourth-order valence-corrected chi connectivity index (χ4v) is 3.03. The number of nitrogens with zero attached hydrogens (tertiary/aromatic N) is 2. The number of fused-ring (bicyclic) bond motifs is 1. The molecule has 0 saturated heterocycles. The van der Waals surface area contributed by atoms with Gasteiger partial charge in [-0.1, -0.05) is 18.2 Å². The average Bonchev–Trinajstić information content (AvgIpc) is 2.55. The Hall–Kier alpha value is -2.15. The number of aryl methyl sites for hydroxylation is 1. The molecule has 0 saturated carbocycles. The van der Waals surface area contributed by atoms with Crippen LogP contribution in [0.15, 0.2) is 34.8 Å². The molecule has 7 heteroatoms. The summed E-state index contributed by atoms with van der Waals surface area (Å²) in [5, 5.41) is 3.81. The van der Waals surface area contributed by atoms with E-state index in [1.807, 2.05) is 0 Å². The van der Waals surface area contributed by atoms with Crippen LogP contribution in [0.1, 0.15) is 28.9 Å². The zero-order valence-electron chi connectivity index (χ0n) is 13.6. The maximum atomic E-state index is 13.7. The van der Waals surface area contributed by atoms with E-state index in [0.717, 1.165) is 5.56 Å². The Morgan fingerprint density at radius 3 is 2.64 bits per heavy atom. The molecule has 0 fully saturated rings. The van der Waals surface area contributed by atoms with Gasteiger partial charge in [0, 0.05) is 23.6 Å². The minimum atomic E-state index is -2.51. The number of aromatic nitrogens is 2. The van der Waals surface area contributed by atoms with Gasteiger partial charge in [-0.3, -0.25) is 0 Å². The fraction of sp³-hybridized carbons (Fsp3) is 0.222. The molecule has 3 nitrogen and oxygen atoms in total. The van der Waals surface area contributed by atoms with Crippen molar-refractivity contribution in [2.75, 3.05) is 5.32 Å². The van der Waals surface area contributed by atoms with Crippen LogP contribution in [0.3, 0.4) is 0 Å². The van der Waals surface area contributed by atoms with Gasteiger partial charge >= 0.3 is 0 Å². The van der Waals surface area contributed by atoms with E-state index < -0.39 is 12.2 Å². The molecular formula is C18H15BrF3N3. The maximum Gasteiger partial charge on any atom is 0.264 e. The smallest absolute Gasteiger partial charge is 0.264 e. The zero-order chi connectivity index (χ0) is 18.1. The molecule has 2 aromatic carbocycles. The SMILES string of the molecule is Cc1nc(NCc2cccc(C(F)F)c2C)c2cc(Br)c(F)cc2n1. The first-order chi connectivity index (χ1) is 11.9. The van der Waals surface area contributed by atoms with Crippen molar-refractivity contribution in [3.05, 3.63) is 63.1 Å². The summed E-state index contributed by atoms with van der Waals surface area (Å²) in [5.74, 6) is 0.622. The molecule has 0 amide bonds. The summed E-state index contributed by atoms with van der Waals surface area (Å²) >= 11 is 3.16. The monoisotopic (exact) mass is 409 g/mol. The maximum absolute atomic E-state index is 13.7. The first-order valence-electron chi connectivity index (χ1n) is 7.60. The molecule has 0 aliphatic carbocycles. The third-order valence-corrected chi connectivity index (χ3v) is 4.63. The van der Waals surface area contributed by atoms with Crippen molar-refractivity contribution >= 4 is 32.7 Å². The summed E-state index contributed by atoms with van der Waals surface area (Å²) in [5.41, 5.74) is 1.80. The van der Waals surface area contributed by atoms with Gasteiger partial charge in [0.2, 0.25) is 0 Å². The number of rotatable bonds is 4. The Morgan fingerprint density at radius 1 is 1.16 bits per heavy atom. The first-order valence-corrected chi connectivity index (χ1v) is 8.40. The normalized spacial score (nSPS) is 11.3. The van der Waals surface area contributed by atoms with Crippen LogP contribution in [0.25, 0.3) is 10.9 Å². The van der Waals surface area contributed by atoms with E-state index in [1.165, 1.54) is 12.1 Å². The second kappa shape index (κ2) is 7.00. The van der Waals surface area contributed by atoms with E-state index in [9.17, 15) is 13.2 Å². The Labute approximate surface area is 151 Å². The molecule has 130 valence electrons. The van der Waals surface area contributed by atoms with Gasteiger partial charge in [0.25, 0.3) is 6.43 Å². The molecule has 0 unspecified atom stereocenters. The lowest BCUT2D eigenvalue weighted by Gasteiger charge is -2.14. The highest BCUT2D eigenvalue weighted by Crippen LogP contribution is 2.28. The molecule has 0 radical (unpaired) electrons. The number of halogens is 4. The second-order valence-corrected chi connectivity index (χ2v) is 6.54. The zero-order valence-corrected chi connectivity index (χ0v) is 15.2. The van der Waals surface area contributed by atoms with Crippen LogP contribution < -0.4 is 5.32 Å². The van der Waals surface area contributed by atoms with Gasteiger partial charge in [0.05, 0.1) is 9.99 Å². The number of nitrogens with one attached hydrogen (secondary N) is 1. The third-order valence-electron chi connectivity index (χ3n) is 4.02. The first kappa shape index (κ1) is 17.7. The van der Waals surface area contributed by atoms with Crippen molar-refractivity contribution in [3.63, 3.8) is 0 Å². The van der Waals surface area contributed by atoms with Crippen LogP contribution in [0.4, 0.5) is 19.0 Å². The fourth-order valence-electron chi connectivity index (χ4n) is 2.68. The Balaban J connectivity index is 1.97. The largest absolute Gasteiger partial charge is 0.365 e. The number of hydrogen-bond donors (Lipinski definition) is 1. The van der Waals surface area contributed by atoms with E-state index in [1.54, 1.807) is 32.0 Å². The Bertz CT molecular complexity index is 944. The summed E-state index contributed by atoms with van der Waals surface area (Å²) in [4.78, 5) is 8.60. The predicted molar refractivity (Wildman–Crippen MR) is 95.4 cm³/mol. The van der Waals surface area contributed by atoms with Gasteiger partial charge in [-0.05, 0) is 47.0 Å². The summed E-state index contributed by atoms with van der Waals surface area (Å²) in [6, 6.07) is 7.77. The molecule has 25 heavy (non-hydrogen) atoms. The molecule has 0 atom stereocenters. The topological polar surface area (TPSA) is 37.8 Å². The number of anilines is 1. The molecule has 1 N–H and O–H groups in total. The van der Waals surface area contributed by atoms with E-state index in [0.29, 0.717) is 39.1 Å².